The molecule has 0 aliphatic heterocycles. The highest BCUT2D eigenvalue weighted by molar-refractivity contribution is 7.92. The molecule has 0 atom stereocenters. The van der Waals surface area contributed by atoms with E-state index in [4.69, 9.17) is 9.84 Å². The molecule has 3 N–H and O–H groups in total. The third-order valence-corrected chi connectivity index (χ3v) is 3.82. The van der Waals surface area contributed by atoms with Crippen molar-refractivity contribution in [1.82, 2.24) is 10.2 Å². The fourth-order valence-corrected chi connectivity index (χ4v) is 2.57. The van der Waals surface area contributed by atoms with E-state index in [-0.39, 0.29) is 17.3 Å². The number of nitrogens with one attached hydrogen (secondary N) is 2. The summed E-state index contributed by atoms with van der Waals surface area (Å²) in [6.45, 7) is -0.277. The summed E-state index contributed by atoms with van der Waals surface area (Å²) in [6.07, 6.45) is 1.34. The Morgan fingerprint density at radius 3 is 2.86 bits per heavy atom. The first-order chi connectivity index (χ1) is 10.1. The molecule has 0 amide bonds. The lowest BCUT2D eigenvalue weighted by Crippen LogP contribution is -2.14. The molecule has 1 heterocycles. The molecule has 2 rings (SSSR count). The van der Waals surface area contributed by atoms with Crippen LogP contribution in [0.1, 0.15) is 5.56 Å². The van der Waals surface area contributed by atoms with Gasteiger partial charge in [-0.3, -0.25) is 9.82 Å². The van der Waals surface area contributed by atoms with Crippen molar-refractivity contribution in [2.75, 3.05) is 18.4 Å². The first-order valence-corrected chi connectivity index (χ1v) is 7.35. The molecule has 0 radical (unpaired) electrons. The highest BCUT2D eigenvalue weighted by atomic mass is 32.2. The van der Waals surface area contributed by atoms with Crippen molar-refractivity contribution in [3.8, 4) is 17.6 Å². The fraction of sp³-hybridized carbons (Fsp3) is 0.154. The lowest BCUT2D eigenvalue weighted by atomic mass is 10.2. The Morgan fingerprint density at radius 2 is 2.24 bits per heavy atom. The van der Waals surface area contributed by atoms with Crippen LogP contribution in [0.15, 0.2) is 35.5 Å². The minimum atomic E-state index is -3.79. The van der Waals surface area contributed by atoms with E-state index in [9.17, 15) is 8.42 Å². The van der Waals surface area contributed by atoms with E-state index in [2.05, 4.69) is 26.8 Å². The third kappa shape index (κ3) is 3.53. The van der Waals surface area contributed by atoms with Gasteiger partial charge in [0.1, 0.15) is 12.4 Å². The Kier molecular flexibility index (Phi) is 4.47. The summed E-state index contributed by atoms with van der Waals surface area (Å²) < 4.78 is 31.8. The Balaban J connectivity index is 2.38. The highest BCUT2D eigenvalue weighted by Gasteiger charge is 2.17. The summed E-state index contributed by atoms with van der Waals surface area (Å²) in [5.74, 6) is 5.54. The molecular formula is C13H13N3O4S. The first kappa shape index (κ1) is 14.9. The average Bonchev–Trinajstić information content (AvgIpc) is 3.00. The van der Waals surface area contributed by atoms with Crippen LogP contribution in [0.2, 0.25) is 0 Å². The minimum Gasteiger partial charge on any atom is -0.495 e. The van der Waals surface area contributed by atoms with Crippen molar-refractivity contribution in [2.24, 2.45) is 0 Å². The second kappa shape index (κ2) is 6.30. The Labute approximate surface area is 122 Å². The van der Waals surface area contributed by atoms with E-state index >= 15 is 0 Å². The number of hydrogen-bond acceptors (Lipinski definition) is 5. The first-order valence-electron chi connectivity index (χ1n) is 5.87. The Hall–Kier alpha value is -2.50. The number of sulfonamides is 1. The molecule has 0 spiro atoms. The van der Waals surface area contributed by atoms with Crippen LogP contribution in [0.5, 0.6) is 5.75 Å². The van der Waals surface area contributed by atoms with Crippen LogP contribution < -0.4 is 9.46 Å². The van der Waals surface area contributed by atoms with E-state index in [1.807, 2.05) is 0 Å². The number of benzene rings is 1. The number of aromatic amines is 1. The van der Waals surface area contributed by atoms with Gasteiger partial charge in [-0.2, -0.15) is 13.5 Å². The predicted octanol–water partition coefficient (Wildman–Crippen LogP) is 0.563. The molecule has 8 heteroatoms. The Morgan fingerprint density at radius 1 is 1.43 bits per heavy atom. The van der Waals surface area contributed by atoms with Gasteiger partial charge in [0.15, 0.2) is 5.03 Å². The maximum atomic E-state index is 12.1. The SMILES string of the molecule is COc1ccc(C#CCO)cc1NS(=O)(=O)c1ccn[nH]1. The van der Waals surface area contributed by atoms with Crippen LogP contribution in [0.25, 0.3) is 0 Å². The normalized spacial score (nSPS) is 10.6. The number of hydrogen-bond donors (Lipinski definition) is 3. The quantitative estimate of drug-likeness (QED) is 0.716. The summed E-state index contributed by atoms with van der Waals surface area (Å²) in [5.41, 5.74) is 0.795. The standard InChI is InChI=1S/C13H13N3O4S/c1-20-12-5-4-10(3-2-8-17)9-11(12)16-21(18,19)13-6-7-14-15-13/h4-7,9,16-17H,8H2,1H3,(H,14,15). The molecule has 110 valence electrons. The van der Waals surface area contributed by atoms with Gasteiger partial charge in [-0.25, -0.2) is 0 Å². The zero-order valence-electron chi connectivity index (χ0n) is 11.1. The van der Waals surface area contributed by atoms with Crippen molar-refractivity contribution < 1.29 is 18.3 Å². The maximum Gasteiger partial charge on any atom is 0.278 e. The zero-order valence-corrected chi connectivity index (χ0v) is 11.9. The van der Waals surface area contributed by atoms with Gasteiger partial charge in [0.25, 0.3) is 10.0 Å². The molecule has 0 bridgehead atoms. The molecule has 0 fully saturated rings. The number of aliphatic hydroxyl groups excluding tert-OH is 1. The minimum absolute atomic E-state index is 0.0589. The number of anilines is 1. The number of rotatable bonds is 4. The van der Waals surface area contributed by atoms with Gasteiger partial charge in [0, 0.05) is 5.56 Å². The van der Waals surface area contributed by atoms with Gasteiger partial charge in [-0.15, -0.1) is 0 Å². The second-order valence-corrected chi connectivity index (χ2v) is 5.55. The average molecular weight is 307 g/mol. The van der Waals surface area contributed by atoms with Crippen LogP contribution >= 0.6 is 0 Å². The fourth-order valence-electron chi connectivity index (χ4n) is 1.60. The van der Waals surface area contributed by atoms with Gasteiger partial charge in [-0.05, 0) is 24.3 Å². The number of nitrogens with zero attached hydrogens (tertiary/aromatic N) is 1. The summed E-state index contributed by atoms with van der Waals surface area (Å²) in [6, 6.07) is 6.11. The Bertz CT molecular complexity index is 773. The molecule has 0 aliphatic rings. The van der Waals surface area contributed by atoms with Crippen molar-refractivity contribution in [2.45, 2.75) is 5.03 Å². The number of H-pyrrole nitrogens is 1. The maximum absolute atomic E-state index is 12.1. The highest BCUT2D eigenvalue weighted by Crippen LogP contribution is 2.27. The lowest BCUT2D eigenvalue weighted by Gasteiger charge is -2.11. The molecule has 7 nitrogen and oxygen atoms in total. The van der Waals surface area contributed by atoms with Gasteiger partial charge in [-0.1, -0.05) is 11.8 Å². The molecule has 2 aromatic rings. The van der Waals surface area contributed by atoms with E-state index in [1.54, 1.807) is 12.1 Å². The molecular weight excluding hydrogens is 294 g/mol. The molecule has 21 heavy (non-hydrogen) atoms. The van der Waals surface area contributed by atoms with Crippen molar-refractivity contribution in [3.05, 3.63) is 36.0 Å². The van der Waals surface area contributed by atoms with E-state index in [0.29, 0.717) is 11.3 Å². The number of aliphatic hydroxyl groups is 1. The molecule has 0 unspecified atom stereocenters. The number of ether oxygens (including phenoxy) is 1. The molecule has 1 aromatic heterocycles. The summed E-state index contributed by atoms with van der Waals surface area (Å²) in [4.78, 5) is 0. The smallest absolute Gasteiger partial charge is 0.278 e. The summed E-state index contributed by atoms with van der Waals surface area (Å²) in [5, 5.41) is 14.6. The van der Waals surface area contributed by atoms with E-state index in [1.165, 1.54) is 25.4 Å². The van der Waals surface area contributed by atoms with Crippen LogP contribution in [-0.2, 0) is 10.0 Å². The third-order valence-electron chi connectivity index (χ3n) is 2.52. The zero-order chi connectivity index (χ0) is 15.3. The topological polar surface area (TPSA) is 104 Å². The van der Waals surface area contributed by atoms with Crippen LogP contribution in [-0.4, -0.2) is 37.4 Å². The van der Waals surface area contributed by atoms with Crippen molar-refractivity contribution >= 4 is 15.7 Å². The van der Waals surface area contributed by atoms with Gasteiger partial charge < -0.3 is 9.84 Å². The van der Waals surface area contributed by atoms with Crippen molar-refractivity contribution in [1.29, 1.82) is 0 Å². The van der Waals surface area contributed by atoms with Crippen LogP contribution in [0.4, 0.5) is 5.69 Å². The molecule has 1 aromatic carbocycles. The lowest BCUT2D eigenvalue weighted by molar-refractivity contribution is 0.350. The van der Waals surface area contributed by atoms with Crippen LogP contribution in [0.3, 0.4) is 0 Å². The molecule has 0 saturated carbocycles. The second-order valence-electron chi connectivity index (χ2n) is 3.90. The summed E-state index contributed by atoms with van der Waals surface area (Å²) >= 11 is 0. The van der Waals surface area contributed by atoms with Crippen molar-refractivity contribution in [3.63, 3.8) is 0 Å². The predicted molar refractivity (Wildman–Crippen MR) is 76.4 cm³/mol. The van der Waals surface area contributed by atoms with Crippen LogP contribution in [0, 0.1) is 11.8 Å². The van der Waals surface area contributed by atoms with E-state index in [0.717, 1.165) is 0 Å². The monoisotopic (exact) mass is 307 g/mol. The van der Waals surface area contributed by atoms with Gasteiger partial charge in [0.05, 0.1) is 19.0 Å². The van der Waals surface area contributed by atoms with E-state index < -0.39 is 10.0 Å². The number of aromatic nitrogens is 2. The largest absolute Gasteiger partial charge is 0.495 e. The number of methoxy groups -OCH3 is 1. The van der Waals surface area contributed by atoms with Gasteiger partial charge in [0.2, 0.25) is 0 Å². The molecule has 0 aliphatic carbocycles. The van der Waals surface area contributed by atoms with Gasteiger partial charge >= 0.3 is 0 Å². The molecule has 0 saturated heterocycles. The summed E-state index contributed by atoms with van der Waals surface area (Å²) in [7, 11) is -2.35.